The fourth-order valence-corrected chi connectivity index (χ4v) is 3.61. The largest absolute Gasteiger partial charge is 0.282 e. The second-order valence-corrected chi connectivity index (χ2v) is 6.08. The van der Waals surface area contributed by atoms with Crippen molar-refractivity contribution >= 4 is 24.1 Å². The molecule has 2 saturated carbocycles. The van der Waals surface area contributed by atoms with E-state index in [-0.39, 0.29) is 17.9 Å². The minimum atomic E-state index is 0.126. The molecule has 2 heterocycles. The Morgan fingerprint density at radius 1 is 1.33 bits per heavy atom. The first-order valence-corrected chi connectivity index (χ1v) is 7.15. The molecule has 2 fully saturated rings. The predicted molar refractivity (Wildman–Crippen MR) is 68.9 cm³/mol. The highest BCUT2D eigenvalue weighted by Crippen LogP contribution is 2.44. The van der Waals surface area contributed by atoms with E-state index < -0.39 is 0 Å². The summed E-state index contributed by atoms with van der Waals surface area (Å²) in [7, 11) is 0. The van der Waals surface area contributed by atoms with Gasteiger partial charge in [0, 0.05) is 6.54 Å². The molecule has 2 aliphatic carbocycles. The van der Waals surface area contributed by atoms with Gasteiger partial charge in [-0.25, -0.2) is 5.10 Å². The summed E-state index contributed by atoms with van der Waals surface area (Å²) in [6.07, 6.45) is 5.64. The van der Waals surface area contributed by atoms with Crippen molar-refractivity contribution < 1.29 is 4.79 Å². The summed E-state index contributed by atoms with van der Waals surface area (Å²) in [6, 6.07) is 0.245. The summed E-state index contributed by atoms with van der Waals surface area (Å²) >= 11 is 5.32. The number of carbonyl (C=O) groups is 1. The van der Waals surface area contributed by atoms with Gasteiger partial charge in [0.2, 0.25) is 11.9 Å². The van der Waals surface area contributed by atoms with Gasteiger partial charge in [0.1, 0.15) is 0 Å². The summed E-state index contributed by atoms with van der Waals surface area (Å²) in [5.41, 5.74) is 0. The van der Waals surface area contributed by atoms with E-state index in [0.29, 0.717) is 10.7 Å². The van der Waals surface area contributed by atoms with Crippen LogP contribution in [0, 0.1) is 16.6 Å². The number of nitrogens with zero attached hydrogens (tertiary/aromatic N) is 3. The van der Waals surface area contributed by atoms with E-state index in [2.05, 4.69) is 14.8 Å². The lowest BCUT2D eigenvalue weighted by atomic mass is 9.99. The van der Waals surface area contributed by atoms with Gasteiger partial charge in [0.05, 0.1) is 12.0 Å². The second-order valence-electron chi connectivity index (χ2n) is 5.70. The first-order chi connectivity index (χ1) is 8.75. The lowest BCUT2D eigenvalue weighted by Gasteiger charge is -2.34. The normalized spacial score (nSPS) is 30.4. The smallest absolute Gasteiger partial charge is 0.234 e. The van der Waals surface area contributed by atoms with Gasteiger partial charge in [-0.1, -0.05) is 6.42 Å². The standard InChI is InChI=1S/C12H16N4OS/c17-10-8-2-1-3-9(8)16-11(13-14-12(16)18)15(10)6-7-4-5-7/h7-9H,1-6H2,(H,14,18). The van der Waals surface area contributed by atoms with Crippen LogP contribution in [0.25, 0.3) is 0 Å². The molecule has 2 atom stereocenters. The minimum Gasteiger partial charge on any atom is -0.282 e. The van der Waals surface area contributed by atoms with Crippen molar-refractivity contribution in [1.29, 1.82) is 0 Å². The van der Waals surface area contributed by atoms with Crippen molar-refractivity contribution in [2.75, 3.05) is 11.4 Å². The fraction of sp³-hybridized carbons (Fsp3) is 0.750. The third-order valence-electron chi connectivity index (χ3n) is 4.46. The zero-order valence-corrected chi connectivity index (χ0v) is 10.9. The monoisotopic (exact) mass is 264 g/mol. The van der Waals surface area contributed by atoms with Crippen LogP contribution in [0.3, 0.4) is 0 Å². The van der Waals surface area contributed by atoms with Crippen LogP contribution < -0.4 is 4.90 Å². The van der Waals surface area contributed by atoms with E-state index in [9.17, 15) is 4.79 Å². The van der Waals surface area contributed by atoms with Crippen molar-refractivity contribution in [1.82, 2.24) is 14.8 Å². The molecule has 2 unspecified atom stereocenters. The molecule has 5 nitrogen and oxygen atoms in total. The first kappa shape index (κ1) is 10.7. The number of fused-ring (bicyclic) bond motifs is 3. The van der Waals surface area contributed by atoms with Crippen molar-refractivity contribution in [3.63, 3.8) is 0 Å². The van der Waals surface area contributed by atoms with Gasteiger partial charge in [-0.3, -0.25) is 14.3 Å². The Bertz CT molecular complexity index is 559. The molecule has 4 rings (SSSR count). The van der Waals surface area contributed by atoms with Gasteiger partial charge in [0.15, 0.2) is 4.77 Å². The maximum atomic E-state index is 12.6. The first-order valence-electron chi connectivity index (χ1n) is 6.74. The third-order valence-corrected chi connectivity index (χ3v) is 4.75. The van der Waals surface area contributed by atoms with Crippen LogP contribution in [-0.2, 0) is 4.79 Å². The van der Waals surface area contributed by atoms with Crippen LogP contribution in [-0.4, -0.2) is 27.2 Å². The molecule has 0 radical (unpaired) electrons. The van der Waals surface area contributed by atoms with Gasteiger partial charge >= 0.3 is 0 Å². The maximum absolute atomic E-state index is 12.6. The van der Waals surface area contributed by atoms with Crippen LogP contribution in [0.2, 0.25) is 0 Å². The number of amides is 1. The number of carbonyl (C=O) groups excluding carboxylic acids is 1. The molecule has 96 valence electrons. The minimum absolute atomic E-state index is 0.126. The van der Waals surface area contributed by atoms with Crippen LogP contribution in [0.4, 0.5) is 5.95 Å². The molecule has 1 aromatic rings. The van der Waals surface area contributed by atoms with Crippen molar-refractivity contribution in [2.24, 2.45) is 11.8 Å². The Hall–Kier alpha value is -1.17. The number of hydrogen-bond acceptors (Lipinski definition) is 3. The average molecular weight is 264 g/mol. The number of anilines is 1. The summed E-state index contributed by atoms with van der Waals surface area (Å²) in [4.78, 5) is 14.4. The van der Waals surface area contributed by atoms with E-state index >= 15 is 0 Å². The molecule has 18 heavy (non-hydrogen) atoms. The molecule has 6 heteroatoms. The van der Waals surface area contributed by atoms with E-state index in [1.165, 1.54) is 12.8 Å². The van der Waals surface area contributed by atoms with E-state index in [0.717, 1.165) is 31.8 Å². The van der Waals surface area contributed by atoms with Gasteiger partial charge in [0.25, 0.3) is 0 Å². The second kappa shape index (κ2) is 3.66. The average Bonchev–Trinajstić information content (AvgIpc) is 2.89. The topological polar surface area (TPSA) is 53.9 Å². The van der Waals surface area contributed by atoms with Gasteiger partial charge in [-0.05, 0) is 43.8 Å². The zero-order valence-electron chi connectivity index (χ0n) is 10.1. The lowest BCUT2D eigenvalue weighted by molar-refractivity contribution is -0.124. The molecule has 0 saturated heterocycles. The molecule has 1 aliphatic heterocycles. The summed E-state index contributed by atoms with van der Waals surface area (Å²) < 4.78 is 2.74. The van der Waals surface area contributed by atoms with E-state index in [1.807, 2.05) is 4.90 Å². The van der Waals surface area contributed by atoms with E-state index in [1.54, 1.807) is 0 Å². The Morgan fingerprint density at radius 3 is 2.94 bits per heavy atom. The molecule has 0 aromatic carbocycles. The van der Waals surface area contributed by atoms with Crippen molar-refractivity contribution in [3.8, 4) is 0 Å². The number of aromatic nitrogens is 3. The zero-order chi connectivity index (χ0) is 12.3. The van der Waals surface area contributed by atoms with Crippen LogP contribution in [0.15, 0.2) is 0 Å². The van der Waals surface area contributed by atoms with E-state index in [4.69, 9.17) is 12.2 Å². The predicted octanol–water partition coefficient (Wildman–Crippen LogP) is 2.04. The Morgan fingerprint density at radius 2 is 2.17 bits per heavy atom. The summed E-state index contributed by atoms with van der Waals surface area (Å²) in [5, 5.41) is 7.14. The van der Waals surface area contributed by atoms with Crippen molar-refractivity contribution in [3.05, 3.63) is 4.77 Å². The van der Waals surface area contributed by atoms with Crippen LogP contribution >= 0.6 is 12.2 Å². The Kier molecular flexibility index (Phi) is 2.18. The molecule has 0 bridgehead atoms. The highest BCUT2D eigenvalue weighted by Gasteiger charge is 2.45. The van der Waals surface area contributed by atoms with Gasteiger partial charge < -0.3 is 0 Å². The van der Waals surface area contributed by atoms with Gasteiger partial charge in [-0.2, -0.15) is 0 Å². The number of aromatic amines is 1. The maximum Gasteiger partial charge on any atom is 0.234 e. The Balaban J connectivity index is 1.81. The molecule has 3 aliphatic rings. The highest BCUT2D eigenvalue weighted by atomic mass is 32.1. The van der Waals surface area contributed by atoms with Gasteiger partial charge in [-0.15, -0.1) is 5.10 Å². The number of rotatable bonds is 2. The van der Waals surface area contributed by atoms with Crippen LogP contribution in [0.5, 0.6) is 0 Å². The summed E-state index contributed by atoms with van der Waals surface area (Å²) in [5.74, 6) is 1.82. The molecular formula is C12H16N4OS. The Labute approximate surface area is 110 Å². The molecular weight excluding hydrogens is 248 g/mol. The number of H-pyrrole nitrogens is 1. The third kappa shape index (κ3) is 1.41. The number of nitrogens with one attached hydrogen (secondary N) is 1. The highest BCUT2D eigenvalue weighted by molar-refractivity contribution is 7.71. The fourth-order valence-electron chi connectivity index (χ4n) is 3.35. The SMILES string of the molecule is O=C1C2CCCC2n2c(n[nH]c2=S)N1CC1CC1. The summed E-state index contributed by atoms with van der Waals surface area (Å²) in [6.45, 7) is 0.821. The molecule has 1 N–H and O–H groups in total. The van der Waals surface area contributed by atoms with Crippen LogP contribution in [0.1, 0.15) is 38.1 Å². The quantitative estimate of drug-likeness (QED) is 0.832. The van der Waals surface area contributed by atoms with Crippen molar-refractivity contribution in [2.45, 2.75) is 38.1 Å². The molecule has 1 aromatic heterocycles. The lowest BCUT2D eigenvalue weighted by Crippen LogP contribution is -2.45. The molecule has 1 amide bonds. The molecule has 0 spiro atoms. The number of hydrogen-bond donors (Lipinski definition) is 1.